The third kappa shape index (κ3) is 5.54. The predicted octanol–water partition coefficient (Wildman–Crippen LogP) is 2.99. The van der Waals surface area contributed by atoms with Gasteiger partial charge in [-0.1, -0.05) is 30.3 Å². The van der Waals surface area contributed by atoms with Crippen molar-refractivity contribution in [2.45, 2.75) is 32.4 Å². The fraction of sp³-hybridized carbons (Fsp3) is 0.474. The van der Waals surface area contributed by atoms with Crippen LogP contribution in [0.15, 0.2) is 41.2 Å². The molecule has 2 heterocycles. The van der Waals surface area contributed by atoms with Gasteiger partial charge in [0.1, 0.15) is 0 Å². The molecule has 1 saturated heterocycles. The normalized spacial score (nSPS) is 16.6. The topological polar surface area (TPSA) is 48.5 Å². The van der Waals surface area contributed by atoms with Gasteiger partial charge in [-0.3, -0.25) is 4.90 Å². The minimum absolute atomic E-state index is 0.0638. The van der Waals surface area contributed by atoms with Crippen molar-refractivity contribution in [2.24, 2.45) is 0 Å². The van der Waals surface area contributed by atoms with Gasteiger partial charge in [0.2, 0.25) is 0 Å². The first-order valence-electron chi connectivity index (χ1n) is 8.89. The van der Waals surface area contributed by atoms with Gasteiger partial charge in [0.25, 0.3) is 0 Å². The highest BCUT2D eigenvalue weighted by molar-refractivity contribution is 7.07. The van der Waals surface area contributed by atoms with Gasteiger partial charge in [0, 0.05) is 44.1 Å². The van der Waals surface area contributed by atoms with Crippen molar-refractivity contribution < 1.29 is 4.79 Å². The number of benzene rings is 1. The lowest BCUT2D eigenvalue weighted by molar-refractivity contribution is 0.133. The maximum absolute atomic E-state index is 12.4. The van der Waals surface area contributed by atoms with Crippen LogP contribution in [0.5, 0.6) is 0 Å². The number of nitrogens with one attached hydrogen (secondary N) is 1. The summed E-state index contributed by atoms with van der Waals surface area (Å²) >= 11 is 1.63. The lowest BCUT2D eigenvalue weighted by Gasteiger charge is -2.35. The molecule has 6 heteroatoms. The van der Waals surface area contributed by atoms with E-state index in [9.17, 15) is 4.79 Å². The van der Waals surface area contributed by atoms with Crippen molar-refractivity contribution in [1.29, 1.82) is 0 Å². The zero-order valence-electron chi connectivity index (χ0n) is 14.7. The van der Waals surface area contributed by atoms with E-state index >= 15 is 0 Å². The first kappa shape index (κ1) is 17.9. The molecule has 0 radical (unpaired) electrons. The number of aryl methyl sites for hydroxylation is 1. The summed E-state index contributed by atoms with van der Waals surface area (Å²) in [5.41, 5.74) is 4.31. The Labute approximate surface area is 153 Å². The fourth-order valence-corrected chi connectivity index (χ4v) is 3.61. The van der Waals surface area contributed by atoms with E-state index in [1.54, 1.807) is 11.3 Å². The maximum Gasteiger partial charge on any atom is 0.317 e. The van der Waals surface area contributed by atoms with Crippen molar-refractivity contribution in [2.75, 3.05) is 26.2 Å². The van der Waals surface area contributed by atoms with Gasteiger partial charge in [-0.25, -0.2) is 9.78 Å². The maximum atomic E-state index is 12.4. The molecule has 0 saturated carbocycles. The molecule has 1 aliphatic rings. The Kier molecular flexibility index (Phi) is 6.42. The molecule has 2 aromatic rings. The molecule has 5 nitrogen and oxygen atoms in total. The van der Waals surface area contributed by atoms with Crippen LogP contribution in [-0.2, 0) is 13.0 Å². The second kappa shape index (κ2) is 8.97. The number of carbonyl (C=O) groups is 1. The van der Waals surface area contributed by atoms with Gasteiger partial charge < -0.3 is 10.2 Å². The Morgan fingerprint density at radius 2 is 2.00 bits per heavy atom. The second-order valence-electron chi connectivity index (χ2n) is 6.62. The summed E-state index contributed by atoms with van der Waals surface area (Å²) in [5, 5.41) is 5.23. The molecule has 0 bridgehead atoms. The van der Waals surface area contributed by atoms with Crippen LogP contribution in [0.2, 0.25) is 0 Å². The van der Waals surface area contributed by atoms with Crippen molar-refractivity contribution in [3.05, 3.63) is 52.5 Å². The SMILES string of the molecule is C[C@H](CCc1ccccc1)NC(=O)N1CCN(Cc2cscn2)CC1. The first-order valence-corrected chi connectivity index (χ1v) is 9.84. The molecule has 1 aromatic carbocycles. The van der Waals surface area contributed by atoms with Crippen molar-refractivity contribution in [3.8, 4) is 0 Å². The van der Waals surface area contributed by atoms with Crippen LogP contribution in [0, 0.1) is 0 Å². The third-order valence-corrected chi connectivity index (χ3v) is 5.24. The smallest absolute Gasteiger partial charge is 0.317 e. The molecule has 25 heavy (non-hydrogen) atoms. The standard InChI is InChI=1S/C19H26N4OS/c1-16(7-8-17-5-3-2-4-6-17)21-19(24)23-11-9-22(10-12-23)13-18-14-25-15-20-18/h2-6,14-16H,7-13H2,1H3,(H,21,24)/t16-/m1/s1. The first-order chi connectivity index (χ1) is 12.2. The highest BCUT2D eigenvalue weighted by Gasteiger charge is 2.22. The number of thiazole rings is 1. The number of rotatable bonds is 6. The van der Waals surface area contributed by atoms with Gasteiger partial charge in [0.05, 0.1) is 11.2 Å². The van der Waals surface area contributed by atoms with Crippen molar-refractivity contribution in [3.63, 3.8) is 0 Å². The quantitative estimate of drug-likeness (QED) is 0.864. The van der Waals surface area contributed by atoms with E-state index in [-0.39, 0.29) is 12.1 Å². The molecule has 0 unspecified atom stereocenters. The Balaban J connectivity index is 1.37. The zero-order chi connectivity index (χ0) is 17.5. The minimum atomic E-state index is 0.0638. The number of urea groups is 1. The summed E-state index contributed by atoms with van der Waals surface area (Å²) in [5.74, 6) is 0. The summed E-state index contributed by atoms with van der Waals surface area (Å²) in [7, 11) is 0. The van der Waals surface area contributed by atoms with Crippen LogP contribution in [0.3, 0.4) is 0 Å². The van der Waals surface area contributed by atoms with E-state index in [4.69, 9.17) is 0 Å². The van der Waals surface area contributed by atoms with E-state index in [0.717, 1.165) is 51.3 Å². The average molecular weight is 359 g/mol. The molecule has 134 valence electrons. The number of amides is 2. The summed E-state index contributed by atoms with van der Waals surface area (Å²) in [6.45, 7) is 6.33. The van der Waals surface area contributed by atoms with Crippen LogP contribution in [0.1, 0.15) is 24.6 Å². The Hall–Kier alpha value is -1.92. The Morgan fingerprint density at radius 3 is 2.68 bits per heavy atom. The molecule has 1 fully saturated rings. The summed E-state index contributed by atoms with van der Waals surface area (Å²) in [6, 6.07) is 10.7. The molecule has 0 aliphatic carbocycles. The lowest BCUT2D eigenvalue weighted by atomic mass is 10.1. The molecule has 1 aromatic heterocycles. The van der Waals surface area contributed by atoms with E-state index < -0.39 is 0 Å². The second-order valence-corrected chi connectivity index (χ2v) is 7.34. The van der Waals surface area contributed by atoms with Crippen LogP contribution < -0.4 is 5.32 Å². The van der Waals surface area contributed by atoms with Crippen LogP contribution in [-0.4, -0.2) is 53.0 Å². The summed E-state index contributed by atoms with van der Waals surface area (Å²) in [6.07, 6.45) is 1.95. The molecule has 0 spiro atoms. The van der Waals surface area contributed by atoms with Gasteiger partial charge >= 0.3 is 6.03 Å². The molecule has 1 atom stereocenters. The van der Waals surface area contributed by atoms with Gasteiger partial charge in [0.15, 0.2) is 0 Å². The minimum Gasteiger partial charge on any atom is -0.336 e. The Morgan fingerprint density at radius 1 is 1.24 bits per heavy atom. The summed E-state index contributed by atoms with van der Waals surface area (Å²) in [4.78, 5) is 21.0. The largest absolute Gasteiger partial charge is 0.336 e. The van der Waals surface area contributed by atoms with E-state index in [0.29, 0.717) is 0 Å². The number of piperazine rings is 1. The van der Waals surface area contributed by atoms with Crippen LogP contribution in [0.4, 0.5) is 4.79 Å². The highest BCUT2D eigenvalue weighted by atomic mass is 32.1. The van der Waals surface area contributed by atoms with E-state index in [1.807, 2.05) is 16.5 Å². The highest BCUT2D eigenvalue weighted by Crippen LogP contribution is 2.10. The Bertz CT molecular complexity index is 639. The number of nitrogens with zero attached hydrogens (tertiary/aromatic N) is 3. The molecule has 2 amide bonds. The van der Waals surface area contributed by atoms with Crippen molar-refractivity contribution in [1.82, 2.24) is 20.1 Å². The van der Waals surface area contributed by atoms with E-state index in [1.165, 1.54) is 5.56 Å². The van der Waals surface area contributed by atoms with Crippen molar-refractivity contribution >= 4 is 17.4 Å². The molecule has 1 N–H and O–H groups in total. The lowest BCUT2D eigenvalue weighted by Crippen LogP contribution is -2.52. The molecule has 3 rings (SSSR count). The number of hydrogen-bond acceptors (Lipinski definition) is 4. The predicted molar refractivity (Wildman–Crippen MR) is 102 cm³/mol. The number of carbonyl (C=O) groups excluding carboxylic acids is 1. The van der Waals surface area contributed by atoms with E-state index in [2.05, 4.69) is 51.8 Å². The number of hydrogen-bond donors (Lipinski definition) is 1. The summed E-state index contributed by atoms with van der Waals surface area (Å²) < 4.78 is 0. The van der Waals surface area contributed by atoms with Crippen LogP contribution in [0.25, 0.3) is 0 Å². The monoisotopic (exact) mass is 358 g/mol. The average Bonchev–Trinajstić information content (AvgIpc) is 3.14. The van der Waals surface area contributed by atoms with Gasteiger partial charge in [-0.05, 0) is 25.3 Å². The third-order valence-electron chi connectivity index (χ3n) is 4.61. The zero-order valence-corrected chi connectivity index (χ0v) is 15.5. The van der Waals surface area contributed by atoms with Gasteiger partial charge in [-0.15, -0.1) is 11.3 Å². The molecule has 1 aliphatic heterocycles. The fourth-order valence-electron chi connectivity index (χ4n) is 3.06. The van der Waals surface area contributed by atoms with Gasteiger partial charge in [-0.2, -0.15) is 0 Å². The molecular formula is C19H26N4OS. The number of aromatic nitrogens is 1. The van der Waals surface area contributed by atoms with Crippen LogP contribution >= 0.6 is 11.3 Å². The molecular weight excluding hydrogens is 332 g/mol.